The Kier molecular flexibility index (Phi) is 6.54. The van der Waals surface area contributed by atoms with Gasteiger partial charge in [0, 0.05) is 6.04 Å². The lowest BCUT2D eigenvalue weighted by molar-refractivity contribution is -0.129. The molecule has 0 heterocycles. The Labute approximate surface area is 110 Å². The first-order valence-corrected chi connectivity index (χ1v) is 6.58. The Morgan fingerprint density at radius 1 is 1.16 bits per heavy atom. The lowest BCUT2D eigenvalue weighted by atomic mass is 10.1. The fourth-order valence-electron chi connectivity index (χ4n) is 2.12. The van der Waals surface area contributed by atoms with Crippen LogP contribution in [0.5, 0.6) is 0 Å². The molecule has 112 valence electrons. The number of halogens is 4. The summed E-state index contributed by atoms with van der Waals surface area (Å²) in [6.45, 7) is -1.55. The summed E-state index contributed by atoms with van der Waals surface area (Å²) < 4.78 is 48.9. The first-order valence-electron chi connectivity index (χ1n) is 6.58. The summed E-state index contributed by atoms with van der Waals surface area (Å²) in [7, 11) is 0. The number of hydrogen-bond acceptors (Lipinski definition) is 2. The van der Waals surface area contributed by atoms with Crippen molar-refractivity contribution in [1.82, 2.24) is 10.6 Å². The summed E-state index contributed by atoms with van der Waals surface area (Å²) >= 11 is 0. The maximum Gasteiger partial charge on any atom is 0.319 e. The average Bonchev–Trinajstić information content (AvgIpc) is 2.57. The molecule has 0 aromatic rings. The molecule has 1 fully saturated rings. The van der Waals surface area contributed by atoms with Crippen molar-refractivity contribution in [1.29, 1.82) is 0 Å². The Hall–Kier alpha value is -0.850. The summed E-state index contributed by atoms with van der Waals surface area (Å²) in [6.07, 6.45) is 2.43. The fourth-order valence-corrected chi connectivity index (χ4v) is 2.12. The van der Waals surface area contributed by atoms with Gasteiger partial charge in [-0.1, -0.05) is 25.7 Å². The average molecular weight is 284 g/mol. The molecule has 7 heteroatoms. The Bertz CT molecular complexity index is 279. The van der Waals surface area contributed by atoms with Crippen molar-refractivity contribution in [3.63, 3.8) is 0 Å². The van der Waals surface area contributed by atoms with Crippen molar-refractivity contribution in [3.8, 4) is 0 Å². The molecule has 19 heavy (non-hydrogen) atoms. The Morgan fingerprint density at radius 2 is 1.74 bits per heavy atom. The molecule has 0 unspecified atom stereocenters. The smallest absolute Gasteiger partial charge is 0.319 e. The molecule has 0 aromatic heterocycles. The molecule has 1 rings (SSSR count). The van der Waals surface area contributed by atoms with Gasteiger partial charge in [0.15, 0.2) is 0 Å². The number of alkyl halides is 4. The highest BCUT2D eigenvalue weighted by atomic mass is 19.3. The van der Waals surface area contributed by atoms with E-state index in [2.05, 4.69) is 10.6 Å². The number of carbonyl (C=O) groups excluding carboxylic acids is 1. The van der Waals surface area contributed by atoms with Crippen molar-refractivity contribution in [2.45, 2.75) is 56.9 Å². The van der Waals surface area contributed by atoms with Gasteiger partial charge in [-0.3, -0.25) is 4.79 Å². The maximum atomic E-state index is 12.6. The zero-order valence-corrected chi connectivity index (χ0v) is 10.7. The molecule has 3 nitrogen and oxygen atoms in total. The zero-order valence-electron chi connectivity index (χ0n) is 10.7. The minimum absolute atomic E-state index is 0.0763. The first-order chi connectivity index (χ1) is 8.92. The van der Waals surface area contributed by atoms with E-state index < -0.39 is 24.8 Å². The number of nitrogens with one attached hydrogen (secondary N) is 2. The number of hydrogen-bond donors (Lipinski definition) is 2. The van der Waals surface area contributed by atoms with Crippen LogP contribution in [0.25, 0.3) is 0 Å². The van der Waals surface area contributed by atoms with Gasteiger partial charge in [-0.25, -0.2) is 8.78 Å². The molecule has 0 saturated heterocycles. The molecule has 1 aliphatic rings. The number of rotatable bonds is 6. The van der Waals surface area contributed by atoms with E-state index in [0.717, 1.165) is 38.5 Å². The zero-order chi connectivity index (χ0) is 14.3. The van der Waals surface area contributed by atoms with Crippen LogP contribution >= 0.6 is 0 Å². The molecule has 0 aliphatic heterocycles. The van der Waals surface area contributed by atoms with E-state index in [-0.39, 0.29) is 12.6 Å². The van der Waals surface area contributed by atoms with Crippen LogP contribution in [0.4, 0.5) is 17.6 Å². The van der Waals surface area contributed by atoms with Gasteiger partial charge in [0.05, 0.1) is 13.1 Å². The van der Waals surface area contributed by atoms with Crippen LogP contribution in [0.2, 0.25) is 0 Å². The fraction of sp³-hybridized carbons (Fsp3) is 0.917. The summed E-state index contributed by atoms with van der Waals surface area (Å²) in [4.78, 5) is 11.5. The number of amides is 1. The van der Waals surface area contributed by atoms with Crippen molar-refractivity contribution >= 4 is 5.91 Å². The van der Waals surface area contributed by atoms with Gasteiger partial charge in [-0.05, 0) is 12.8 Å². The molecular weight excluding hydrogens is 264 g/mol. The van der Waals surface area contributed by atoms with E-state index in [1.54, 1.807) is 0 Å². The molecule has 1 amide bonds. The minimum Gasteiger partial charge on any atom is -0.352 e. The quantitative estimate of drug-likeness (QED) is 0.580. The standard InChI is InChI=1S/C12H20F4N2O/c13-11(14)12(15,16)8-17-7-10(19)18-9-5-3-1-2-4-6-9/h9,11,17H,1-8H2,(H,18,19). The highest BCUT2D eigenvalue weighted by Gasteiger charge is 2.40. The van der Waals surface area contributed by atoms with Crippen LogP contribution in [0.1, 0.15) is 38.5 Å². The van der Waals surface area contributed by atoms with Crippen LogP contribution in [0.15, 0.2) is 0 Å². The number of carbonyl (C=O) groups is 1. The van der Waals surface area contributed by atoms with Crippen molar-refractivity contribution in [3.05, 3.63) is 0 Å². The third-order valence-corrected chi connectivity index (χ3v) is 3.19. The van der Waals surface area contributed by atoms with Gasteiger partial charge in [0.2, 0.25) is 5.91 Å². The van der Waals surface area contributed by atoms with E-state index in [4.69, 9.17) is 0 Å². The Balaban J connectivity index is 2.20. The topological polar surface area (TPSA) is 41.1 Å². The largest absolute Gasteiger partial charge is 0.352 e. The molecule has 2 N–H and O–H groups in total. The van der Waals surface area contributed by atoms with Crippen LogP contribution < -0.4 is 10.6 Å². The first kappa shape index (κ1) is 16.2. The van der Waals surface area contributed by atoms with E-state index in [1.807, 2.05) is 0 Å². The van der Waals surface area contributed by atoms with Crippen molar-refractivity contribution in [2.75, 3.05) is 13.1 Å². The highest BCUT2D eigenvalue weighted by Crippen LogP contribution is 2.21. The molecular formula is C12H20F4N2O. The van der Waals surface area contributed by atoms with Gasteiger partial charge < -0.3 is 10.6 Å². The third kappa shape index (κ3) is 6.22. The van der Waals surface area contributed by atoms with Crippen molar-refractivity contribution in [2.24, 2.45) is 0 Å². The predicted molar refractivity (Wildman–Crippen MR) is 63.5 cm³/mol. The van der Waals surface area contributed by atoms with E-state index in [0.29, 0.717) is 0 Å². The third-order valence-electron chi connectivity index (χ3n) is 3.19. The summed E-state index contributed by atoms with van der Waals surface area (Å²) in [5.41, 5.74) is 0. The normalized spacial score (nSPS) is 18.4. The molecule has 1 aliphatic carbocycles. The summed E-state index contributed by atoms with van der Waals surface area (Å²) in [6, 6.07) is 0.0763. The van der Waals surface area contributed by atoms with Crippen molar-refractivity contribution < 1.29 is 22.4 Å². The highest BCUT2D eigenvalue weighted by molar-refractivity contribution is 5.78. The molecule has 0 bridgehead atoms. The van der Waals surface area contributed by atoms with Gasteiger partial charge in [0.1, 0.15) is 0 Å². The molecule has 0 spiro atoms. The molecule has 1 saturated carbocycles. The van der Waals surface area contributed by atoms with Gasteiger partial charge >= 0.3 is 12.3 Å². The second-order valence-electron chi connectivity index (χ2n) is 4.92. The maximum absolute atomic E-state index is 12.6. The molecule has 0 radical (unpaired) electrons. The molecule has 0 atom stereocenters. The van der Waals surface area contributed by atoms with Crippen LogP contribution in [0, 0.1) is 0 Å². The second kappa shape index (κ2) is 7.67. The Morgan fingerprint density at radius 3 is 2.26 bits per heavy atom. The van der Waals surface area contributed by atoms with Crippen LogP contribution in [0.3, 0.4) is 0 Å². The van der Waals surface area contributed by atoms with E-state index >= 15 is 0 Å². The van der Waals surface area contributed by atoms with Crippen LogP contribution in [-0.2, 0) is 4.79 Å². The monoisotopic (exact) mass is 284 g/mol. The minimum atomic E-state index is -4.09. The predicted octanol–water partition coefficient (Wildman–Crippen LogP) is 2.32. The van der Waals surface area contributed by atoms with Gasteiger partial charge in [-0.15, -0.1) is 0 Å². The summed E-state index contributed by atoms with van der Waals surface area (Å²) in [5, 5.41) is 4.81. The summed E-state index contributed by atoms with van der Waals surface area (Å²) in [5.74, 6) is -4.51. The van der Waals surface area contributed by atoms with Crippen LogP contribution in [-0.4, -0.2) is 37.4 Å². The van der Waals surface area contributed by atoms with E-state index in [1.165, 1.54) is 0 Å². The van der Waals surface area contributed by atoms with Gasteiger partial charge in [-0.2, -0.15) is 8.78 Å². The lowest BCUT2D eigenvalue weighted by Crippen LogP contribution is -2.45. The van der Waals surface area contributed by atoms with E-state index in [9.17, 15) is 22.4 Å². The second-order valence-corrected chi connectivity index (χ2v) is 4.92. The van der Waals surface area contributed by atoms with Gasteiger partial charge in [0.25, 0.3) is 0 Å². The lowest BCUT2D eigenvalue weighted by Gasteiger charge is -2.18. The molecule has 0 aromatic carbocycles. The SMILES string of the molecule is O=C(CNCC(F)(F)C(F)F)NC1CCCCCC1.